The van der Waals surface area contributed by atoms with E-state index < -0.39 is 11.5 Å². The first-order chi connectivity index (χ1) is 8.10. The molecule has 0 saturated carbocycles. The van der Waals surface area contributed by atoms with E-state index >= 15 is 0 Å². The predicted octanol–water partition coefficient (Wildman–Crippen LogP) is 0.794. The average molecular weight is 242 g/mol. The lowest BCUT2D eigenvalue weighted by Crippen LogP contribution is -2.54. The summed E-state index contributed by atoms with van der Waals surface area (Å²) >= 11 is 0. The van der Waals surface area contributed by atoms with Crippen molar-refractivity contribution in [3.05, 3.63) is 0 Å². The van der Waals surface area contributed by atoms with Crippen LogP contribution in [0.25, 0.3) is 0 Å². The highest BCUT2D eigenvalue weighted by Crippen LogP contribution is 2.28. The van der Waals surface area contributed by atoms with E-state index in [2.05, 4.69) is 11.8 Å². The summed E-state index contributed by atoms with van der Waals surface area (Å²) in [6.07, 6.45) is 2.56. The monoisotopic (exact) mass is 242 g/mol. The fourth-order valence-electron chi connectivity index (χ4n) is 2.59. The standard InChI is InChI=1S/C12H22N2O3/c1-3-13-8-5-6-12(7-9-13,11(16)17)14(4-2)10-15/h10H,3-9H2,1-2H3,(H,16,17). The molecule has 1 saturated heterocycles. The fraction of sp³-hybridized carbons (Fsp3) is 0.833. The lowest BCUT2D eigenvalue weighted by atomic mass is 9.89. The summed E-state index contributed by atoms with van der Waals surface area (Å²) in [5.74, 6) is -0.871. The van der Waals surface area contributed by atoms with Crippen molar-refractivity contribution in [1.82, 2.24) is 9.80 Å². The highest BCUT2D eigenvalue weighted by Gasteiger charge is 2.44. The Labute approximate surface area is 102 Å². The zero-order valence-corrected chi connectivity index (χ0v) is 10.7. The maximum atomic E-state index is 11.6. The molecule has 98 valence electrons. The maximum absolute atomic E-state index is 11.6. The number of carboxylic acid groups (broad SMARTS) is 1. The zero-order chi connectivity index (χ0) is 12.9. The second kappa shape index (κ2) is 6.00. The normalized spacial score (nSPS) is 26.2. The van der Waals surface area contributed by atoms with Crippen molar-refractivity contribution < 1.29 is 14.7 Å². The SMILES string of the molecule is CCN1CCCC(C(=O)O)(N(C=O)CC)CC1. The number of amides is 1. The van der Waals surface area contributed by atoms with Gasteiger partial charge in [0.1, 0.15) is 5.54 Å². The van der Waals surface area contributed by atoms with Crippen molar-refractivity contribution in [2.75, 3.05) is 26.2 Å². The lowest BCUT2D eigenvalue weighted by Gasteiger charge is -2.37. The Bertz CT molecular complexity index is 283. The van der Waals surface area contributed by atoms with Crippen LogP contribution in [-0.4, -0.2) is 59.0 Å². The lowest BCUT2D eigenvalue weighted by molar-refractivity contribution is -0.156. The summed E-state index contributed by atoms with van der Waals surface area (Å²) < 4.78 is 0. The molecule has 1 atom stereocenters. The van der Waals surface area contributed by atoms with Crippen molar-refractivity contribution in [3.63, 3.8) is 0 Å². The van der Waals surface area contributed by atoms with Crippen LogP contribution in [0.15, 0.2) is 0 Å². The quantitative estimate of drug-likeness (QED) is 0.724. The minimum atomic E-state index is -1.000. The molecule has 0 aromatic carbocycles. The number of hydrogen-bond acceptors (Lipinski definition) is 3. The van der Waals surface area contributed by atoms with E-state index in [0.29, 0.717) is 25.8 Å². The Morgan fingerprint density at radius 3 is 2.59 bits per heavy atom. The fourth-order valence-corrected chi connectivity index (χ4v) is 2.59. The Balaban J connectivity index is 2.91. The number of hydrogen-bond donors (Lipinski definition) is 1. The second-order valence-corrected chi connectivity index (χ2v) is 4.52. The first-order valence-electron chi connectivity index (χ1n) is 6.28. The average Bonchev–Trinajstić information content (AvgIpc) is 2.54. The molecule has 1 fully saturated rings. The smallest absolute Gasteiger partial charge is 0.329 e. The van der Waals surface area contributed by atoms with Gasteiger partial charge in [0.25, 0.3) is 0 Å². The molecule has 1 rings (SSSR count). The molecule has 5 heteroatoms. The Hall–Kier alpha value is -1.10. The van der Waals surface area contributed by atoms with Crippen molar-refractivity contribution in [2.45, 2.75) is 38.6 Å². The van der Waals surface area contributed by atoms with Crippen molar-refractivity contribution >= 4 is 12.4 Å². The van der Waals surface area contributed by atoms with Gasteiger partial charge in [-0.15, -0.1) is 0 Å². The molecule has 5 nitrogen and oxygen atoms in total. The number of carbonyl (C=O) groups excluding carboxylic acids is 1. The second-order valence-electron chi connectivity index (χ2n) is 4.52. The maximum Gasteiger partial charge on any atom is 0.329 e. The zero-order valence-electron chi connectivity index (χ0n) is 10.7. The Morgan fingerprint density at radius 2 is 2.12 bits per heavy atom. The van der Waals surface area contributed by atoms with Crippen LogP contribution in [0.3, 0.4) is 0 Å². The van der Waals surface area contributed by atoms with Gasteiger partial charge in [0.2, 0.25) is 6.41 Å². The molecule has 1 heterocycles. The van der Waals surface area contributed by atoms with Gasteiger partial charge in [-0.05, 0) is 39.3 Å². The summed E-state index contributed by atoms with van der Waals surface area (Å²) in [6, 6.07) is 0. The number of aliphatic carboxylic acids is 1. The van der Waals surface area contributed by atoms with E-state index in [1.165, 1.54) is 4.90 Å². The van der Waals surface area contributed by atoms with E-state index in [9.17, 15) is 14.7 Å². The molecule has 0 spiro atoms. The van der Waals surface area contributed by atoms with Crippen molar-refractivity contribution in [1.29, 1.82) is 0 Å². The third-order valence-electron chi connectivity index (χ3n) is 3.77. The number of carboxylic acids is 1. The summed E-state index contributed by atoms with van der Waals surface area (Å²) in [6.45, 7) is 6.94. The van der Waals surface area contributed by atoms with Gasteiger partial charge in [-0.3, -0.25) is 4.79 Å². The summed E-state index contributed by atoms with van der Waals surface area (Å²) in [5, 5.41) is 9.49. The third kappa shape index (κ3) is 2.77. The van der Waals surface area contributed by atoms with Gasteiger partial charge in [-0.1, -0.05) is 6.92 Å². The molecule has 1 unspecified atom stereocenters. The van der Waals surface area contributed by atoms with E-state index in [0.717, 1.165) is 26.1 Å². The van der Waals surface area contributed by atoms with Gasteiger partial charge < -0.3 is 14.9 Å². The molecule has 1 aliphatic rings. The first kappa shape index (κ1) is 14.0. The molecular weight excluding hydrogens is 220 g/mol. The van der Waals surface area contributed by atoms with Crippen LogP contribution in [0.1, 0.15) is 33.1 Å². The Kier molecular flexibility index (Phi) is 4.93. The predicted molar refractivity (Wildman–Crippen MR) is 64.8 cm³/mol. The number of likely N-dealkylation sites (tertiary alicyclic amines) is 1. The number of carbonyl (C=O) groups is 2. The molecule has 0 aromatic heterocycles. The molecule has 1 amide bonds. The highest BCUT2D eigenvalue weighted by atomic mass is 16.4. The minimum absolute atomic E-state index is 0.446. The number of nitrogens with zero attached hydrogens (tertiary/aromatic N) is 2. The van der Waals surface area contributed by atoms with Crippen LogP contribution in [0, 0.1) is 0 Å². The van der Waals surface area contributed by atoms with Gasteiger partial charge in [0, 0.05) is 13.1 Å². The highest BCUT2D eigenvalue weighted by molar-refractivity contribution is 5.81. The van der Waals surface area contributed by atoms with E-state index in [1.807, 2.05) is 6.92 Å². The van der Waals surface area contributed by atoms with Gasteiger partial charge in [-0.25, -0.2) is 4.79 Å². The third-order valence-corrected chi connectivity index (χ3v) is 3.77. The van der Waals surface area contributed by atoms with Gasteiger partial charge in [-0.2, -0.15) is 0 Å². The molecule has 0 radical (unpaired) electrons. The summed E-state index contributed by atoms with van der Waals surface area (Å²) in [7, 11) is 0. The summed E-state index contributed by atoms with van der Waals surface area (Å²) in [4.78, 5) is 26.3. The first-order valence-corrected chi connectivity index (χ1v) is 6.28. The molecular formula is C12H22N2O3. The molecule has 1 N–H and O–H groups in total. The van der Waals surface area contributed by atoms with Crippen molar-refractivity contribution in [3.8, 4) is 0 Å². The van der Waals surface area contributed by atoms with E-state index in [1.54, 1.807) is 0 Å². The Morgan fingerprint density at radius 1 is 1.41 bits per heavy atom. The van der Waals surface area contributed by atoms with Gasteiger partial charge in [0.15, 0.2) is 0 Å². The minimum Gasteiger partial charge on any atom is -0.479 e. The van der Waals surface area contributed by atoms with Crippen LogP contribution in [-0.2, 0) is 9.59 Å². The number of likely N-dealkylation sites (N-methyl/N-ethyl adjacent to an activating group) is 1. The topological polar surface area (TPSA) is 60.9 Å². The van der Waals surface area contributed by atoms with Crippen molar-refractivity contribution in [2.24, 2.45) is 0 Å². The molecule has 0 bridgehead atoms. The van der Waals surface area contributed by atoms with Gasteiger partial charge >= 0.3 is 5.97 Å². The largest absolute Gasteiger partial charge is 0.479 e. The molecule has 0 aliphatic carbocycles. The molecule has 17 heavy (non-hydrogen) atoms. The number of rotatable bonds is 5. The van der Waals surface area contributed by atoms with Gasteiger partial charge in [0.05, 0.1) is 0 Å². The van der Waals surface area contributed by atoms with Crippen LogP contribution in [0.5, 0.6) is 0 Å². The van der Waals surface area contributed by atoms with E-state index in [4.69, 9.17) is 0 Å². The molecule has 0 aromatic rings. The molecule has 1 aliphatic heterocycles. The van der Waals surface area contributed by atoms with Crippen LogP contribution in [0.4, 0.5) is 0 Å². The van der Waals surface area contributed by atoms with Crippen LogP contribution >= 0.6 is 0 Å². The van der Waals surface area contributed by atoms with Crippen LogP contribution in [0.2, 0.25) is 0 Å². The summed E-state index contributed by atoms with van der Waals surface area (Å²) in [5.41, 5.74) is -1.000. The van der Waals surface area contributed by atoms with E-state index in [-0.39, 0.29) is 0 Å². The van der Waals surface area contributed by atoms with Crippen LogP contribution < -0.4 is 0 Å².